The van der Waals surface area contributed by atoms with E-state index in [1.54, 1.807) is 13.3 Å². The monoisotopic (exact) mass is 457 g/mol. The second kappa shape index (κ2) is 8.48. The molecule has 1 aromatic carbocycles. The van der Waals surface area contributed by atoms with E-state index in [1.807, 2.05) is 36.6 Å². The highest BCUT2D eigenvalue weighted by molar-refractivity contribution is 7.17. The second-order valence-electron chi connectivity index (χ2n) is 6.90. The number of halogens is 1. The first-order chi connectivity index (χ1) is 14.9. The number of benzene rings is 1. The van der Waals surface area contributed by atoms with Crippen molar-refractivity contribution in [1.29, 1.82) is 0 Å². The third kappa shape index (κ3) is 4.30. The lowest BCUT2D eigenvalue weighted by Gasteiger charge is -2.11. The molecule has 3 N–H and O–H groups in total. The van der Waals surface area contributed by atoms with Gasteiger partial charge in [-0.25, -0.2) is 14.8 Å². The van der Waals surface area contributed by atoms with Crippen LogP contribution in [-0.4, -0.2) is 35.6 Å². The van der Waals surface area contributed by atoms with E-state index in [1.165, 1.54) is 0 Å². The number of imidazole rings is 1. The largest absolute Gasteiger partial charge is 0.477 e. The Bertz CT molecular complexity index is 1280. The fraction of sp³-hybridized carbons (Fsp3) is 0.250. The quantitative estimate of drug-likeness (QED) is 0.367. The van der Waals surface area contributed by atoms with Crippen molar-refractivity contribution in [2.45, 2.75) is 33.9 Å². The van der Waals surface area contributed by atoms with Gasteiger partial charge in [0.05, 0.1) is 12.0 Å². The maximum Gasteiger partial charge on any atom is 0.347 e. The average molecular weight is 458 g/mol. The van der Waals surface area contributed by atoms with E-state index in [2.05, 4.69) is 30.6 Å². The molecule has 0 atom stereocenters. The van der Waals surface area contributed by atoms with Crippen LogP contribution >= 0.6 is 22.9 Å². The summed E-state index contributed by atoms with van der Waals surface area (Å²) >= 11 is 7.28. The summed E-state index contributed by atoms with van der Waals surface area (Å²) in [5.41, 5.74) is 3.78. The van der Waals surface area contributed by atoms with Crippen LogP contribution in [0.2, 0.25) is 5.02 Å². The molecule has 4 aromatic rings. The zero-order chi connectivity index (χ0) is 22.1. The molecule has 0 saturated carbocycles. The number of thiazole rings is 1. The van der Waals surface area contributed by atoms with Crippen molar-refractivity contribution >= 4 is 57.0 Å². The molecule has 3 heterocycles. The molecule has 160 valence electrons. The number of fused-ring (bicyclic) bond motifs is 1. The smallest absolute Gasteiger partial charge is 0.347 e. The number of nitrogens with zero attached hydrogens (tertiary/aromatic N) is 5. The summed E-state index contributed by atoms with van der Waals surface area (Å²) in [6.45, 7) is 6.85. The lowest BCUT2D eigenvalue weighted by Crippen LogP contribution is -2.07. The van der Waals surface area contributed by atoms with E-state index in [4.69, 9.17) is 11.6 Å². The predicted octanol–water partition coefficient (Wildman–Crippen LogP) is 4.63. The van der Waals surface area contributed by atoms with Crippen LogP contribution < -0.4 is 10.6 Å². The first-order valence-corrected chi connectivity index (χ1v) is 10.7. The number of aromatic nitrogens is 5. The zero-order valence-electron chi connectivity index (χ0n) is 17.1. The van der Waals surface area contributed by atoms with Crippen LogP contribution in [0.1, 0.15) is 33.4 Å². The molecule has 3 aromatic heterocycles. The summed E-state index contributed by atoms with van der Waals surface area (Å²) in [6.07, 6.45) is 1.72. The van der Waals surface area contributed by atoms with Gasteiger partial charge in [-0.1, -0.05) is 35.1 Å². The van der Waals surface area contributed by atoms with Crippen LogP contribution in [0.4, 0.5) is 16.9 Å². The van der Waals surface area contributed by atoms with E-state index in [-0.39, 0.29) is 10.8 Å². The minimum Gasteiger partial charge on any atom is -0.477 e. The van der Waals surface area contributed by atoms with E-state index in [0.29, 0.717) is 40.4 Å². The first kappa shape index (κ1) is 21.0. The Morgan fingerprint density at radius 2 is 2.06 bits per heavy atom. The predicted molar refractivity (Wildman–Crippen MR) is 122 cm³/mol. The van der Waals surface area contributed by atoms with E-state index < -0.39 is 5.97 Å². The van der Waals surface area contributed by atoms with Crippen molar-refractivity contribution in [3.05, 3.63) is 51.2 Å². The lowest BCUT2D eigenvalue weighted by molar-refractivity contribution is 0.0701. The van der Waals surface area contributed by atoms with Gasteiger partial charge in [-0.05, 0) is 38.0 Å². The van der Waals surface area contributed by atoms with Gasteiger partial charge in [0.1, 0.15) is 10.4 Å². The van der Waals surface area contributed by atoms with Crippen LogP contribution in [-0.2, 0) is 13.1 Å². The van der Waals surface area contributed by atoms with Gasteiger partial charge in [0.25, 0.3) is 0 Å². The normalized spacial score (nSPS) is 11.1. The third-order valence-corrected chi connectivity index (χ3v) is 6.19. The van der Waals surface area contributed by atoms with Gasteiger partial charge >= 0.3 is 5.97 Å². The number of anilines is 3. The minimum atomic E-state index is -1.01. The van der Waals surface area contributed by atoms with Crippen LogP contribution in [0.3, 0.4) is 0 Å². The molecular formula is C20H20ClN7O2S. The summed E-state index contributed by atoms with van der Waals surface area (Å²) in [4.78, 5) is 29.2. The number of carboxylic acid groups (broad SMARTS) is 1. The van der Waals surface area contributed by atoms with Gasteiger partial charge in [-0.3, -0.25) is 5.32 Å². The molecule has 0 fully saturated rings. The molecular weight excluding hydrogens is 438 g/mol. The molecule has 9 nitrogen and oxygen atoms in total. The van der Waals surface area contributed by atoms with Crippen molar-refractivity contribution in [3.8, 4) is 0 Å². The molecule has 0 bridgehead atoms. The van der Waals surface area contributed by atoms with Gasteiger partial charge < -0.3 is 15.0 Å². The van der Waals surface area contributed by atoms with Crippen molar-refractivity contribution in [2.24, 2.45) is 0 Å². The van der Waals surface area contributed by atoms with Crippen LogP contribution in [0, 0.1) is 13.8 Å². The van der Waals surface area contributed by atoms with Gasteiger partial charge in [0.15, 0.2) is 16.6 Å². The van der Waals surface area contributed by atoms with Crippen molar-refractivity contribution in [2.75, 3.05) is 10.6 Å². The third-order valence-electron chi connectivity index (χ3n) is 4.72. The molecule has 0 saturated heterocycles. The summed E-state index contributed by atoms with van der Waals surface area (Å²) in [5, 5.41) is 16.7. The highest BCUT2D eigenvalue weighted by atomic mass is 35.5. The van der Waals surface area contributed by atoms with E-state index >= 15 is 0 Å². The summed E-state index contributed by atoms with van der Waals surface area (Å²) < 4.78 is 1.96. The van der Waals surface area contributed by atoms with Crippen molar-refractivity contribution in [1.82, 2.24) is 24.5 Å². The average Bonchev–Trinajstić information content (AvgIpc) is 3.31. The Morgan fingerprint density at radius 3 is 2.74 bits per heavy atom. The molecule has 11 heteroatoms. The molecule has 31 heavy (non-hydrogen) atoms. The molecule has 0 spiro atoms. The topological polar surface area (TPSA) is 118 Å². The maximum atomic E-state index is 11.3. The molecule has 0 radical (unpaired) electrons. The molecule has 0 amide bonds. The fourth-order valence-corrected chi connectivity index (χ4v) is 4.08. The fourth-order valence-electron chi connectivity index (χ4n) is 3.07. The highest BCUT2D eigenvalue weighted by Gasteiger charge is 2.17. The summed E-state index contributed by atoms with van der Waals surface area (Å²) in [6, 6.07) is 5.90. The van der Waals surface area contributed by atoms with Crippen molar-refractivity contribution in [3.63, 3.8) is 0 Å². The Hall–Kier alpha value is -3.24. The Morgan fingerprint density at radius 1 is 1.26 bits per heavy atom. The number of carboxylic acids is 1. The standard InChI is InChI=1S/C20H20ClN7O2S/c1-4-28-9-23-17-14(28)16(22-8-12-6-5-10(2)13(21)7-12)25-19(26-17)27-20-24-11(3)15(31-20)18(29)30/h5-7,9H,4,8H2,1-3H3,(H,29,30)(H2,22,24,25,26,27). The molecule has 0 aliphatic rings. The van der Waals surface area contributed by atoms with Gasteiger partial charge in [0, 0.05) is 18.1 Å². The second-order valence-corrected chi connectivity index (χ2v) is 8.31. The highest BCUT2D eigenvalue weighted by Crippen LogP contribution is 2.28. The molecule has 0 aliphatic heterocycles. The Balaban J connectivity index is 1.67. The first-order valence-electron chi connectivity index (χ1n) is 9.55. The SMILES string of the molecule is CCn1cnc2nc(Nc3nc(C)c(C(=O)O)s3)nc(NCc3ccc(C)c(Cl)c3)c21. The summed E-state index contributed by atoms with van der Waals surface area (Å²) in [5.74, 6) is -0.125. The number of nitrogens with one attached hydrogen (secondary N) is 2. The number of hydrogen-bond acceptors (Lipinski definition) is 8. The molecule has 0 aliphatic carbocycles. The van der Waals surface area contributed by atoms with Gasteiger partial charge in [-0.2, -0.15) is 9.97 Å². The number of aryl methyl sites for hydroxylation is 3. The molecule has 4 rings (SSSR count). The minimum absolute atomic E-state index is 0.174. The number of rotatable bonds is 7. The van der Waals surface area contributed by atoms with Crippen LogP contribution in [0.5, 0.6) is 0 Å². The lowest BCUT2D eigenvalue weighted by atomic mass is 10.1. The summed E-state index contributed by atoms with van der Waals surface area (Å²) in [7, 11) is 0. The van der Waals surface area contributed by atoms with Crippen LogP contribution in [0.15, 0.2) is 24.5 Å². The van der Waals surface area contributed by atoms with E-state index in [0.717, 1.165) is 28.0 Å². The number of carbonyl (C=O) groups is 1. The van der Waals surface area contributed by atoms with Crippen molar-refractivity contribution < 1.29 is 9.90 Å². The number of aromatic carboxylic acids is 1. The Kier molecular flexibility index (Phi) is 5.75. The zero-order valence-corrected chi connectivity index (χ0v) is 18.7. The van der Waals surface area contributed by atoms with E-state index in [9.17, 15) is 9.90 Å². The number of hydrogen-bond donors (Lipinski definition) is 3. The van der Waals surface area contributed by atoms with Gasteiger partial charge in [-0.15, -0.1) is 0 Å². The Labute approximate surface area is 187 Å². The van der Waals surface area contributed by atoms with Gasteiger partial charge in [0.2, 0.25) is 5.95 Å². The molecule has 0 unspecified atom stereocenters. The maximum absolute atomic E-state index is 11.3. The van der Waals surface area contributed by atoms with Crippen LogP contribution in [0.25, 0.3) is 11.2 Å².